The van der Waals surface area contributed by atoms with E-state index in [1.807, 2.05) is 12.1 Å². The lowest BCUT2D eigenvalue weighted by Crippen LogP contribution is -2.23. The van der Waals surface area contributed by atoms with Gasteiger partial charge < -0.3 is 15.9 Å². The highest BCUT2D eigenvalue weighted by Gasteiger charge is 2.20. The molecule has 7 nitrogen and oxygen atoms in total. The van der Waals surface area contributed by atoms with Crippen LogP contribution in [0.3, 0.4) is 0 Å². The molecule has 3 aromatic rings. The zero-order valence-electron chi connectivity index (χ0n) is 14.7. The number of hydrogen-bond acceptors (Lipinski definition) is 6. The Hall–Kier alpha value is -3.07. The SMILES string of the molecule is COc1ccc(-c2nnc(S[C@@H](C)C(=O)Nc3cccc(F)c3)n2N)cc1. The van der Waals surface area contributed by atoms with Crippen LogP contribution in [-0.4, -0.2) is 33.1 Å². The fourth-order valence-electron chi connectivity index (χ4n) is 2.32. The Kier molecular flexibility index (Phi) is 5.60. The predicted molar refractivity (Wildman–Crippen MR) is 103 cm³/mol. The summed E-state index contributed by atoms with van der Waals surface area (Å²) in [5.74, 6) is 6.57. The van der Waals surface area contributed by atoms with E-state index in [0.29, 0.717) is 16.7 Å². The van der Waals surface area contributed by atoms with Crippen LogP contribution in [0.2, 0.25) is 0 Å². The summed E-state index contributed by atoms with van der Waals surface area (Å²) in [6.45, 7) is 1.71. The van der Waals surface area contributed by atoms with Gasteiger partial charge in [0.1, 0.15) is 11.6 Å². The van der Waals surface area contributed by atoms with E-state index in [1.54, 1.807) is 32.2 Å². The second-order valence-corrected chi connectivity index (χ2v) is 6.97. The van der Waals surface area contributed by atoms with E-state index >= 15 is 0 Å². The Balaban J connectivity index is 1.70. The number of nitrogens with zero attached hydrogens (tertiary/aromatic N) is 3. The summed E-state index contributed by atoms with van der Waals surface area (Å²) >= 11 is 1.16. The standard InChI is InChI=1S/C18H18FN5O2S/c1-11(17(25)21-14-5-3-4-13(19)10-14)27-18-23-22-16(24(18)20)12-6-8-15(26-2)9-7-12/h3-11H,20H2,1-2H3,(H,21,25)/t11-/m0/s1. The Morgan fingerprint density at radius 3 is 2.67 bits per heavy atom. The number of benzene rings is 2. The van der Waals surface area contributed by atoms with Gasteiger partial charge in [0.05, 0.1) is 12.4 Å². The summed E-state index contributed by atoms with van der Waals surface area (Å²) in [6.07, 6.45) is 0. The minimum absolute atomic E-state index is 0.292. The van der Waals surface area contributed by atoms with Crippen LogP contribution in [0.15, 0.2) is 53.7 Å². The first-order chi connectivity index (χ1) is 13.0. The lowest BCUT2D eigenvalue weighted by molar-refractivity contribution is -0.115. The zero-order valence-corrected chi connectivity index (χ0v) is 15.5. The van der Waals surface area contributed by atoms with Gasteiger partial charge in [-0.15, -0.1) is 10.2 Å². The molecule has 0 aliphatic carbocycles. The fraction of sp³-hybridized carbons (Fsp3) is 0.167. The third-order valence-corrected chi connectivity index (χ3v) is 4.81. The van der Waals surface area contributed by atoms with Crippen LogP contribution in [-0.2, 0) is 4.79 Å². The molecule has 0 aliphatic heterocycles. The molecule has 140 valence electrons. The molecule has 1 amide bonds. The average Bonchev–Trinajstić information content (AvgIpc) is 3.02. The van der Waals surface area contributed by atoms with Crippen LogP contribution in [0.4, 0.5) is 10.1 Å². The Labute approximate surface area is 159 Å². The van der Waals surface area contributed by atoms with Gasteiger partial charge in [0.2, 0.25) is 11.1 Å². The summed E-state index contributed by atoms with van der Waals surface area (Å²) in [5, 5.41) is 10.7. The lowest BCUT2D eigenvalue weighted by Gasteiger charge is -2.11. The van der Waals surface area contributed by atoms with Gasteiger partial charge in [0, 0.05) is 11.3 Å². The van der Waals surface area contributed by atoms with Crippen molar-refractivity contribution in [3.63, 3.8) is 0 Å². The molecule has 0 spiro atoms. The number of nitrogens with one attached hydrogen (secondary N) is 1. The van der Waals surface area contributed by atoms with Gasteiger partial charge in [-0.05, 0) is 49.4 Å². The quantitative estimate of drug-likeness (QED) is 0.499. The molecule has 0 fully saturated rings. The second kappa shape index (κ2) is 8.09. The minimum Gasteiger partial charge on any atom is -0.497 e. The maximum atomic E-state index is 13.2. The molecule has 2 aromatic carbocycles. The van der Waals surface area contributed by atoms with E-state index < -0.39 is 11.1 Å². The highest BCUT2D eigenvalue weighted by molar-refractivity contribution is 8.00. The Morgan fingerprint density at radius 1 is 1.26 bits per heavy atom. The zero-order chi connectivity index (χ0) is 19.4. The van der Waals surface area contributed by atoms with Gasteiger partial charge in [-0.1, -0.05) is 17.8 Å². The first-order valence-corrected chi connectivity index (χ1v) is 8.94. The number of ether oxygens (including phenoxy) is 1. The molecule has 3 N–H and O–H groups in total. The number of methoxy groups -OCH3 is 1. The van der Waals surface area contributed by atoms with E-state index in [4.69, 9.17) is 10.6 Å². The summed E-state index contributed by atoms with van der Waals surface area (Å²) in [5.41, 5.74) is 1.16. The maximum absolute atomic E-state index is 13.2. The molecule has 0 unspecified atom stereocenters. The van der Waals surface area contributed by atoms with Gasteiger partial charge >= 0.3 is 0 Å². The first kappa shape index (κ1) is 18.7. The monoisotopic (exact) mass is 387 g/mol. The molecule has 0 saturated heterocycles. The van der Waals surface area contributed by atoms with Crippen molar-refractivity contribution < 1.29 is 13.9 Å². The molecular formula is C18H18FN5O2S. The largest absolute Gasteiger partial charge is 0.497 e. The molecule has 0 bridgehead atoms. The van der Waals surface area contributed by atoms with E-state index in [9.17, 15) is 9.18 Å². The molecule has 3 rings (SSSR count). The molecule has 1 aromatic heterocycles. The molecule has 0 radical (unpaired) electrons. The number of anilines is 1. The third-order valence-electron chi connectivity index (χ3n) is 3.76. The molecule has 9 heteroatoms. The molecule has 0 aliphatic rings. The summed E-state index contributed by atoms with van der Waals surface area (Å²) < 4.78 is 19.7. The van der Waals surface area contributed by atoms with Crippen molar-refractivity contribution in [1.29, 1.82) is 0 Å². The number of rotatable bonds is 6. The van der Waals surface area contributed by atoms with Crippen molar-refractivity contribution in [3.8, 4) is 17.1 Å². The Bertz CT molecular complexity index is 945. The molecule has 1 heterocycles. The van der Waals surface area contributed by atoms with E-state index in [-0.39, 0.29) is 5.91 Å². The minimum atomic E-state index is -0.511. The number of halogens is 1. The molecule has 1 atom stereocenters. The third kappa shape index (κ3) is 4.37. The highest BCUT2D eigenvalue weighted by atomic mass is 32.2. The lowest BCUT2D eigenvalue weighted by atomic mass is 10.2. The fourth-order valence-corrected chi connectivity index (χ4v) is 3.09. The number of hydrogen-bond donors (Lipinski definition) is 2. The van der Waals surface area contributed by atoms with Crippen molar-refractivity contribution in [2.45, 2.75) is 17.3 Å². The summed E-state index contributed by atoms with van der Waals surface area (Å²) in [4.78, 5) is 12.3. The number of thioether (sulfide) groups is 1. The number of nitrogen functional groups attached to an aromatic ring is 1. The van der Waals surface area contributed by atoms with Crippen molar-refractivity contribution in [2.24, 2.45) is 0 Å². The van der Waals surface area contributed by atoms with Gasteiger partial charge in [-0.25, -0.2) is 9.07 Å². The van der Waals surface area contributed by atoms with Crippen molar-refractivity contribution in [2.75, 3.05) is 18.3 Å². The average molecular weight is 387 g/mol. The summed E-state index contributed by atoms with van der Waals surface area (Å²) in [7, 11) is 1.59. The first-order valence-electron chi connectivity index (χ1n) is 8.06. The number of carbonyl (C=O) groups excluding carboxylic acids is 1. The number of nitrogens with two attached hydrogens (primary N) is 1. The van der Waals surface area contributed by atoms with Crippen LogP contribution in [0.25, 0.3) is 11.4 Å². The predicted octanol–water partition coefficient (Wildman–Crippen LogP) is 2.93. The highest BCUT2D eigenvalue weighted by Crippen LogP contribution is 2.26. The second-order valence-electron chi connectivity index (χ2n) is 5.66. The molecule has 0 saturated carbocycles. The van der Waals surface area contributed by atoms with Gasteiger partial charge in [-0.3, -0.25) is 4.79 Å². The number of carbonyl (C=O) groups is 1. The number of aromatic nitrogens is 3. The van der Waals surface area contributed by atoms with Crippen LogP contribution < -0.4 is 15.9 Å². The van der Waals surface area contributed by atoms with Gasteiger partial charge in [0.15, 0.2) is 5.82 Å². The smallest absolute Gasteiger partial charge is 0.237 e. The topological polar surface area (TPSA) is 95.1 Å². The van der Waals surface area contributed by atoms with Crippen LogP contribution in [0.5, 0.6) is 5.75 Å². The van der Waals surface area contributed by atoms with Crippen LogP contribution in [0.1, 0.15) is 6.92 Å². The summed E-state index contributed by atoms with van der Waals surface area (Å²) in [6, 6.07) is 12.9. The maximum Gasteiger partial charge on any atom is 0.237 e. The van der Waals surface area contributed by atoms with Crippen LogP contribution in [0, 0.1) is 5.82 Å². The van der Waals surface area contributed by atoms with Crippen LogP contribution >= 0.6 is 11.8 Å². The van der Waals surface area contributed by atoms with E-state index in [0.717, 1.165) is 23.1 Å². The van der Waals surface area contributed by atoms with Gasteiger partial charge in [0.25, 0.3) is 0 Å². The van der Waals surface area contributed by atoms with Crippen molar-refractivity contribution >= 4 is 23.4 Å². The van der Waals surface area contributed by atoms with Crippen molar-refractivity contribution in [3.05, 3.63) is 54.3 Å². The Morgan fingerprint density at radius 2 is 2.00 bits per heavy atom. The van der Waals surface area contributed by atoms with Crippen molar-refractivity contribution in [1.82, 2.24) is 14.9 Å². The number of amides is 1. The van der Waals surface area contributed by atoms with E-state index in [1.165, 1.54) is 22.9 Å². The molecule has 27 heavy (non-hydrogen) atoms. The van der Waals surface area contributed by atoms with Gasteiger partial charge in [-0.2, -0.15) is 0 Å². The van der Waals surface area contributed by atoms with E-state index in [2.05, 4.69) is 15.5 Å². The normalized spacial score (nSPS) is 11.8. The molecular weight excluding hydrogens is 369 g/mol.